The van der Waals surface area contributed by atoms with E-state index in [1.807, 2.05) is 72.9 Å². The van der Waals surface area contributed by atoms with Crippen LogP contribution in [0.2, 0.25) is 0 Å². The van der Waals surface area contributed by atoms with Gasteiger partial charge in [0, 0.05) is 19.3 Å². The molecule has 0 aromatic rings. The zero-order chi connectivity index (χ0) is 47.2. The van der Waals surface area contributed by atoms with Crippen LogP contribution >= 0.6 is 0 Å². The van der Waals surface area contributed by atoms with Gasteiger partial charge < -0.3 is 14.2 Å². The van der Waals surface area contributed by atoms with Crippen molar-refractivity contribution in [2.45, 2.75) is 194 Å². The van der Waals surface area contributed by atoms with Crippen molar-refractivity contribution in [3.05, 3.63) is 146 Å². The van der Waals surface area contributed by atoms with Crippen molar-refractivity contribution in [2.24, 2.45) is 0 Å². The third-order valence-electron chi connectivity index (χ3n) is 10.0. The highest BCUT2D eigenvalue weighted by molar-refractivity contribution is 5.71. The van der Waals surface area contributed by atoms with E-state index in [-0.39, 0.29) is 31.1 Å². The number of carbonyl (C=O) groups excluding carboxylic acids is 3. The first-order valence-corrected chi connectivity index (χ1v) is 25.4. The molecule has 0 spiro atoms. The maximum atomic E-state index is 12.8. The fourth-order valence-electron chi connectivity index (χ4n) is 6.30. The van der Waals surface area contributed by atoms with Gasteiger partial charge in [-0.05, 0) is 96.3 Å². The highest BCUT2D eigenvalue weighted by Crippen LogP contribution is 2.13. The van der Waals surface area contributed by atoms with Crippen molar-refractivity contribution < 1.29 is 28.6 Å². The van der Waals surface area contributed by atoms with Crippen molar-refractivity contribution >= 4 is 17.9 Å². The lowest BCUT2D eigenvalue weighted by Crippen LogP contribution is -2.30. The predicted octanol–water partition coefficient (Wildman–Crippen LogP) is 16.9. The minimum atomic E-state index is -0.816. The van der Waals surface area contributed by atoms with Crippen LogP contribution in [0, 0.1) is 0 Å². The molecule has 0 N–H and O–H groups in total. The number of unbranched alkanes of at least 4 members (excludes halogenated alkanes) is 14. The number of rotatable bonds is 43. The summed E-state index contributed by atoms with van der Waals surface area (Å²) in [7, 11) is 0. The molecule has 0 radical (unpaired) electrons. The van der Waals surface area contributed by atoms with Crippen LogP contribution in [0.3, 0.4) is 0 Å². The number of hydrogen-bond acceptors (Lipinski definition) is 6. The molecule has 0 amide bonds. The van der Waals surface area contributed by atoms with E-state index < -0.39 is 6.10 Å². The third kappa shape index (κ3) is 50.2. The Bertz CT molecular complexity index is 1490. The minimum absolute atomic E-state index is 0.113. The minimum Gasteiger partial charge on any atom is -0.462 e. The first-order chi connectivity index (χ1) is 32.0. The Hall–Kier alpha value is -4.71. The summed E-state index contributed by atoms with van der Waals surface area (Å²) in [4.78, 5) is 38.0. The molecule has 362 valence electrons. The van der Waals surface area contributed by atoms with Gasteiger partial charge in [0.05, 0.1) is 0 Å². The summed E-state index contributed by atoms with van der Waals surface area (Å²) in [6, 6.07) is 0. The molecule has 0 aliphatic carbocycles. The molecule has 0 fully saturated rings. The highest BCUT2D eigenvalue weighted by atomic mass is 16.6. The highest BCUT2D eigenvalue weighted by Gasteiger charge is 2.19. The Morgan fingerprint density at radius 1 is 0.323 bits per heavy atom. The molecule has 6 heteroatoms. The van der Waals surface area contributed by atoms with E-state index in [4.69, 9.17) is 14.2 Å². The summed E-state index contributed by atoms with van der Waals surface area (Å²) in [5.41, 5.74) is 0. The Morgan fingerprint density at radius 2 is 0.631 bits per heavy atom. The Kier molecular flexibility index (Phi) is 48.2. The maximum Gasteiger partial charge on any atom is 0.306 e. The largest absolute Gasteiger partial charge is 0.462 e. The van der Waals surface area contributed by atoms with Gasteiger partial charge in [0.2, 0.25) is 0 Å². The molecule has 0 heterocycles. The van der Waals surface area contributed by atoms with Crippen molar-refractivity contribution in [3.8, 4) is 0 Å². The number of hydrogen-bond donors (Lipinski definition) is 0. The Morgan fingerprint density at radius 3 is 1.06 bits per heavy atom. The van der Waals surface area contributed by atoms with Crippen LogP contribution in [0.1, 0.15) is 188 Å². The zero-order valence-electron chi connectivity index (χ0n) is 41.2. The van der Waals surface area contributed by atoms with Gasteiger partial charge in [0.15, 0.2) is 6.10 Å². The maximum absolute atomic E-state index is 12.8. The smallest absolute Gasteiger partial charge is 0.306 e. The van der Waals surface area contributed by atoms with Gasteiger partial charge in [0.25, 0.3) is 0 Å². The van der Waals surface area contributed by atoms with E-state index in [0.29, 0.717) is 19.3 Å². The Balaban J connectivity index is 4.56. The Labute approximate surface area is 397 Å². The van der Waals surface area contributed by atoms with E-state index in [0.717, 1.165) is 135 Å². The molecule has 0 aliphatic rings. The van der Waals surface area contributed by atoms with E-state index in [1.54, 1.807) is 0 Å². The van der Waals surface area contributed by atoms with Gasteiger partial charge >= 0.3 is 17.9 Å². The normalized spacial score (nSPS) is 13.3. The van der Waals surface area contributed by atoms with Crippen LogP contribution in [0.15, 0.2) is 146 Å². The molecule has 0 bridgehead atoms. The number of carbonyl (C=O) groups is 3. The second kappa shape index (κ2) is 51.9. The monoisotopic (exact) mass is 895 g/mol. The number of allylic oxidation sites excluding steroid dienone is 24. The molecule has 1 unspecified atom stereocenters. The molecular weight excluding hydrogens is 805 g/mol. The topological polar surface area (TPSA) is 78.9 Å². The molecule has 65 heavy (non-hydrogen) atoms. The summed E-state index contributed by atoms with van der Waals surface area (Å²) in [5, 5.41) is 0. The van der Waals surface area contributed by atoms with Crippen molar-refractivity contribution in [2.75, 3.05) is 13.2 Å². The zero-order valence-corrected chi connectivity index (χ0v) is 41.2. The number of ether oxygens (including phenoxy) is 3. The van der Waals surface area contributed by atoms with Crippen molar-refractivity contribution in [1.82, 2.24) is 0 Å². The van der Waals surface area contributed by atoms with E-state index >= 15 is 0 Å². The van der Waals surface area contributed by atoms with Crippen molar-refractivity contribution in [3.63, 3.8) is 0 Å². The number of esters is 3. The summed E-state index contributed by atoms with van der Waals surface area (Å²) in [5.74, 6) is -0.998. The fraction of sp³-hybridized carbons (Fsp3) is 0.542. The van der Waals surface area contributed by atoms with Crippen molar-refractivity contribution in [1.29, 1.82) is 0 Å². The second-order valence-electron chi connectivity index (χ2n) is 16.1. The first kappa shape index (κ1) is 60.3. The first-order valence-electron chi connectivity index (χ1n) is 25.4. The summed E-state index contributed by atoms with van der Waals surface area (Å²) in [6.07, 6.45) is 73.9. The molecule has 1 atom stereocenters. The van der Waals surface area contributed by atoms with Gasteiger partial charge in [-0.1, -0.05) is 218 Å². The predicted molar refractivity (Wildman–Crippen MR) is 279 cm³/mol. The third-order valence-corrected chi connectivity index (χ3v) is 10.0. The van der Waals surface area contributed by atoms with E-state index in [1.165, 1.54) is 12.8 Å². The van der Waals surface area contributed by atoms with Gasteiger partial charge in [-0.25, -0.2) is 0 Å². The van der Waals surface area contributed by atoms with Crippen LogP contribution in [0.5, 0.6) is 0 Å². The molecular formula is C59H90O6. The van der Waals surface area contributed by atoms with Crippen LogP contribution in [0.4, 0.5) is 0 Å². The molecule has 0 saturated heterocycles. The second-order valence-corrected chi connectivity index (χ2v) is 16.1. The van der Waals surface area contributed by atoms with Gasteiger partial charge in [0.1, 0.15) is 13.2 Å². The quantitative estimate of drug-likeness (QED) is 0.0199. The molecule has 0 saturated carbocycles. The summed E-state index contributed by atoms with van der Waals surface area (Å²) in [6.45, 7) is 6.18. The lowest BCUT2D eigenvalue weighted by Gasteiger charge is -2.18. The average Bonchev–Trinajstić information content (AvgIpc) is 3.30. The van der Waals surface area contributed by atoms with Gasteiger partial charge in [-0.15, -0.1) is 0 Å². The molecule has 0 aliphatic heterocycles. The SMILES string of the molecule is CC\C=C/C=C\C=C/C=C\C=C\C=C/C=C\CCCCCC(=O)OCC(COC(=O)CCCCCCC/C=C\C/C=C\CC)OC(=O)CCCCCCCC/C=C\C/C=C\C/C=C\CC. The van der Waals surface area contributed by atoms with Gasteiger partial charge in [-0.3, -0.25) is 14.4 Å². The lowest BCUT2D eigenvalue weighted by atomic mass is 10.1. The van der Waals surface area contributed by atoms with E-state index in [9.17, 15) is 14.4 Å². The molecule has 6 nitrogen and oxygen atoms in total. The van der Waals surface area contributed by atoms with Crippen LogP contribution in [-0.2, 0) is 28.6 Å². The molecule has 0 rings (SSSR count). The summed E-state index contributed by atoms with van der Waals surface area (Å²) >= 11 is 0. The standard InChI is InChI=1S/C59H90O6/c1-4-7-10-13-16-19-22-25-27-29-30-31-33-34-37-40-43-46-49-52-58(61)64-55-56(54-63-57(60)51-48-45-42-39-36-24-21-18-15-12-9-6-3)65-59(62)53-50-47-44-41-38-35-32-28-26-23-20-17-14-11-8-5-2/h7-13,16-22,25-31,33-34,37,56H,4-6,14-15,23-24,32,35-36,38-55H2,1-3H3/b10-7-,11-8-,12-9-,16-13-,20-17-,21-18-,22-19-,27-25-,28-26-,30-29+,33-31-,37-34-. The fourth-order valence-corrected chi connectivity index (χ4v) is 6.30. The lowest BCUT2D eigenvalue weighted by molar-refractivity contribution is -0.167. The molecule has 0 aromatic heterocycles. The van der Waals surface area contributed by atoms with E-state index in [2.05, 4.69) is 93.7 Å². The van der Waals surface area contributed by atoms with Crippen LogP contribution in [-0.4, -0.2) is 37.2 Å². The van der Waals surface area contributed by atoms with Crippen LogP contribution < -0.4 is 0 Å². The van der Waals surface area contributed by atoms with Crippen LogP contribution in [0.25, 0.3) is 0 Å². The van der Waals surface area contributed by atoms with Gasteiger partial charge in [-0.2, -0.15) is 0 Å². The average molecular weight is 895 g/mol. The molecule has 0 aromatic carbocycles. The summed E-state index contributed by atoms with van der Waals surface area (Å²) < 4.78 is 16.7.